The third kappa shape index (κ3) is 1.98. The van der Waals surface area contributed by atoms with Gasteiger partial charge in [-0.25, -0.2) is 4.39 Å². The van der Waals surface area contributed by atoms with E-state index in [0.717, 1.165) is 11.3 Å². The number of aliphatic hydroxyl groups excluding tert-OH is 1. The van der Waals surface area contributed by atoms with Crippen molar-refractivity contribution in [2.45, 2.75) is 39.3 Å². The smallest absolute Gasteiger partial charge is 0.166 e. The summed E-state index contributed by atoms with van der Waals surface area (Å²) < 4.78 is 16.2. The van der Waals surface area contributed by atoms with Crippen molar-refractivity contribution in [1.29, 1.82) is 0 Å². The molecule has 0 saturated carbocycles. The van der Waals surface area contributed by atoms with E-state index in [1.54, 1.807) is 6.92 Å². The van der Waals surface area contributed by atoms with Gasteiger partial charge in [0.2, 0.25) is 0 Å². The quantitative estimate of drug-likeness (QED) is 0.825. The third-order valence-corrected chi connectivity index (χ3v) is 4.69. The number of benzene rings is 1. The maximum absolute atomic E-state index is 14.0. The van der Waals surface area contributed by atoms with Crippen molar-refractivity contribution in [1.82, 2.24) is 14.8 Å². The first-order valence-electron chi connectivity index (χ1n) is 6.65. The van der Waals surface area contributed by atoms with E-state index in [-0.39, 0.29) is 5.82 Å². The summed E-state index contributed by atoms with van der Waals surface area (Å²) in [4.78, 5) is 0. The van der Waals surface area contributed by atoms with Gasteiger partial charge in [-0.15, -0.1) is 10.2 Å². The molecule has 2 heterocycles. The minimum atomic E-state index is -0.767. The molecular formula is C14H16BrFN4O. The maximum atomic E-state index is 14.0. The number of nitrogens with one attached hydrogen (secondary N) is 1. The van der Waals surface area contributed by atoms with E-state index in [4.69, 9.17) is 0 Å². The highest BCUT2D eigenvalue weighted by atomic mass is 79.9. The minimum absolute atomic E-state index is 0.329. The zero-order valence-electron chi connectivity index (χ0n) is 12.2. The Morgan fingerprint density at radius 3 is 2.71 bits per heavy atom. The van der Waals surface area contributed by atoms with Crippen LogP contribution < -0.4 is 5.32 Å². The van der Waals surface area contributed by atoms with E-state index < -0.39 is 11.6 Å². The third-order valence-electron chi connectivity index (χ3n) is 3.71. The number of rotatable bonds is 1. The van der Waals surface area contributed by atoms with Gasteiger partial charge in [0.1, 0.15) is 11.9 Å². The Labute approximate surface area is 130 Å². The van der Waals surface area contributed by atoms with Crippen LogP contribution in [0, 0.1) is 12.7 Å². The summed E-state index contributed by atoms with van der Waals surface area (Å²) in [5.41, 5.74) is 1.64. The van der Waals surface area contributed by atoms with Gasteiger partial charge in [0, 0.05) is 6.07 Å². The molecule has 0 spiro atoms. The molecule has 21 heavy (non-hydrogen) atoms. The highest BCUT2D eigenvalue weighted by molar-refractivity contribution is 9.10. The number of fused-ring (bicyclic) bond motifs is 3. The summed E-state index contributed by atoms with van der Waals surface area (Å²) in [6, 6.07) is 1.45. The lowest BCUT2D eigenvalue weighted by molar-refractivity contribution is 0.186. The molecule has 0 saturated heterocycles. The molecule has 2 N–H and O–H groups in total. The Hall–Kier alpha value is -1.47. The summed E-state index contributed by atoms with van der Waals surface area (Å²) in [5, 5.41) is 21.5. The second-order valence-corrected chi connectivity index (χ2v) is 6.63. The van der Waals surface area contributed by atoms with Crippen molar-refractivity contribution in [3.8, 4) is 5.69 Å². The average Bonchev–Trinajstić information content (AvgIpc) is 2.81. The second kappa shape index (κ2) is 4.51. The fourth-order valence-electron chi connectivity index (χ4n) is 2.71. The summed E-state index contributed by atoms with van der Waals surface area (Å²) in [5.74, 6) is 0.805. The van der Waals surface area contributed by atoms with Gasteiger partial charge in [-0.2, -0.15) is 0 Å². The van der Waals surface area contributed by atoms with Crippen molar-refractivity contribution < 1.29 is 9.50 Å². The van der Waals surface area contributed by atoms with Crippen LogP contribution in [0.25, 0.3) is 5.69 Å². The summed E-state index contributed by atoms with van der Waals surface area (Å²) in [7, 11) is 0. The van der Waals surface area contributed by atoms with Crippen LogP contribution in [-0.4, -0.2) is 19.9 Å². The predicted octanol–water partition coefficient (Wildman–Crippen LogP) is 3.19. The van der Waals surface area contributed by atoms with Crippen LogP contribution in [-0.2, 0) is 5.54 Å². The molecule has 1 aromatic heterocycles. The van der Waals surface area contributed by atoms with Gasteiger partial charge < -0.3 is 10.4 Å². The fraction of sp³-hybridized carbons (Fsp3) is 0.429. The van der Waals surface area contributed by atoms with Crippen LogP contribution in [0.1, 0.15) is 44.1 Å². The number of halogens is 2. The molecule has 5 nitrogen and oxygen atoms in total. The van der Waals surface area contributed by atoms with Gasteiger partial charge in [-0.1, -0.05) is 0 Å². The normalized spacial score (nSPS) is 16.9. The van der Waals surface area contributed by atoms with Crippen molar-refractivity contribution in [3.05, 3.63) is 33.6 Å². The van der Waals surface area contributed by atoms with E-state index in [1.807, 2.05) is 25.3 Å². The molecule has 0 aliphatic carbocycles. The van der Waals surface area contributed by atoms with Crippen molar-refractivity contribution in [3.63, 3.8) is 0 Å². The van der Waals surface area contributed by atoms with Gasteiger partial charge >= 0.3 is 0 Å². The molecule has 1 atom stereocenters. The van der Waals surface area contributed by atoms with Gasteiger partial charge in [0.05, 0.1) is 21.4 Å². The standard InChI is InChI=1S/C14H16BrFN4O/c1-6-10(15)8(16)5-9-11(6)20-12(7(2)21)18-19-13(20)14(3,4)17-9/h5,7,17,21H,1-4H3. The lowest BCUT2D eigenvalue weighted by atomic mass is 9.98. The van der Waals surface area contributed by atoms with Crippen LogP contribution in [0.3, 0.4) is 0 Å². The molecule has 1 unspecified atom stereocenters. The highest BCUT2D eigenvalue weighted by Crippen LogP contribution is 2.42. The Balaban J connectivity index is 2.41. The van der Waals surface area contributed by atoms with Gasteiger partial charge in [0.15, 0.2) is 11.6 Å². The number of anilines is 1. The molecule has 2 aromatic rings. The minimum Gasteiger partial charge on any atom is -0.385 e. The molecule has 0 radical (unpaired) electrons. The van der Waals surface area contributed by atoms with Crippen molar-refractivity contribution >= 4 is 21.6 Å². The van der Waals surface area contributed by atoms with Crippen LogP contribution in [0.5, 0.6) is 0 Å². The van der Waals surface area contributed by atoms with Crippen LogP contribution in [0.4, 0.5) is 10.1 Å². The average molecular weight is 355 g/mol. The first kappa shape index (κ1) is 14.5. The van der Waals surface area contributed by atoms with Crippen molar-refractivity contribution in [2.75, 3.05) is 5.32 Å². The predicted molar refractivity (Wildman–Crippen MR) is 81.0 cm³/mol. The largest absolute Gasteiger partial charge is 0.385 e. The number of hydrogen-bond donors (Lipinski definition) is 2. The summed E-state index contributed by atoms with van der Waals surface area (Å²) >= 11 is 3.27. The molecule has 0 amide bonds. The number of aliphatic hydroxyl groups is 1. The first-order chi connectivity index (χ1) is 9.74. The van der Waals surface area contributed by atoms with Crippen LogP contribution in [0.2, 0.25) is 0 Å². The van der Waals surface area contributed by atoms with Gasteiger partial charge in [-0.05, 0) is 49.2 Å². The molecule has 7 heteroatoms. The molecule has 0 fully saturated rings. The maximum Gasteiger partial charge on any atom is 0.166 e. The Kier molecular flexibility index (Phi) is 3.11. The Morgan fingerprint density at radius 2 is 2.10 bits per heavy atom. The topological polar surface area (TPSA) is 63.0 Å². The number of aromatic nitrogens is 3. The Morgan fingerprint density at radius 1 is 1.43 bits per heavy atom. The van der Waals surface area contributed by atoms with E-state index in [2.05, 4.69) is 31.4 Å². The SMILES string of the molecule is Cc1c(Br)c(F)cc2c1-n1c(C(C)O)nnc1C(C)(C)N2. The molecule has 3 rings (SSSR count). The second-order valence-electron chi connectivity index (χ2n) is 5.84. The zero-order valence-corrected chi connectivity index (χ0v) is 13.8. The molecule has 0 bridgehead atoms. The van der Waals surface area contributed by atoms with Gasteiger partial charge in [0.25, 0.3) is 0 Å². The van der Waals surface area contributed by atoms with E-state index in [9.17, 15) is 9.50 Å². The molecule has 1 aliphatic rings. The summed E-state index contributed by atoms with van der Waals surface area (Å²) in [6.07, 6.45) is -0.767. The molecular weight excluding hydrogens is 339 g/mol. The Bertz CT molecular complexity index is 739. The summed E-state index contributed by atoms with van der Waals surface area (Å²) in [6.45, 7) is 7.34. The van der Waals surface area contributed by atoms with Crippen molar-refractivity contribution in [2.24, 2.45) is 0 Å². The zero-order chi connectivity index (χ0) is 15.5. The fourth-order valence-corrected chi connectivity index (χ4v) is 3.01. The molecule has 1 aromatic carbocycles. The number of hydrogen-bond acceptors (Lipinski definition) is 4. The van der Waals surface area contributed by atoms with Crippen LogP contribution >= 0.6 is 15.9 Å². The molecule has 112 valence electrons. The van der Waals surface area contributed by atoms with Crippen LogP contribution in [0.15, 0.2) is 10.5 Å². The van der Waals surface area contributed by atoms with E-state index in [0.29, 0.717) is 21.8 Å². The van der Waals surface area contributed by atoms with E-state index >= 15 is 0 Å². The van der Waals surface area contributed by atoms with Gasteiger partial charge in [-0.3, -0.25) is 4.57 Å². The highest BCUT2D eigenvalue weighted by Gasteiger charge is 2.37. The number of nitrogens with zero attached hydrogens (tertiary/aromatic N) is 3. The lowest BCUT2D eigenvalue weighted by Crippen LogP contribution is -2.36. The first-order valence-corrected chi connectivity index (χ1v) is 7.44. The van der Waals surface area contributed by atoms with E-state index in [1.165, 1.54) is 6.07 Å². The lowest BCUT2D eigenvalue weighted by Gasteiger charge is -2.35. The molecule has 1 aliphatic heterocycles. The monoisotopic (exact) mass is 354 g/mol.